The second kappa shape index (κ2) is 10.3. The Morgan fingerprint density at radius 2 is 1.60 bits per heavy atom. The summed E-state index contributed by atoms with van der Waals surface area (Å²) in [5, 5.41) is 6.56. The molecule has 0 spiro atoms. The minimum absolute atomic E-state index is 0.0410. The fraction of sp³-hybridized carbons (Fsp3) is 0.270. The van der Waals surface area contributed by atoms with E-state index in [4.69, 9.17) is 4.74 Å². The summed E-state index contributed by atoms with van der Waals surface area (Å²) in [6.45, 7) is 12.1. The van der Waals surface area contributed by atoms with E-state index in [2.05, 4.69) is 109 Å². The van der Waals surface area contributed by atoms with Crippen molar-refractivity contribution in [2.75, 3.05) is 19.7 Å². The molecule has 3 aliphatic rings. The van der Waals surface area contributed by atoms with Crippen LogP contribution in [-0.2, 0) is 11.3 Å². The van der Waals surface area contributed by atoms with E-state index in [1.54, 1.807) is 0 Å². The summed E-state index contributed by atoms with van der Waals surface area (Å²) in [4.78, 5) is 4.68. The molecule has 200 valence electrons. The summed E-state index contributed by atoms with van der Waals surface area (Å²) in [6, 6.07) is 31.2. The smallest absolute Gasteiger partial charge is 0.135 e. The normalized spacial score (nSPS) is 24.9. The lowest BCUT2D eigenvalue weighted by atomic mass is 9.70. The van der Waals surface area contributed by atoms with Crippen LogP contribution in [0.3, 0.4) is 0 Å². The predicted octanol–water partition coefficient (Wildman–Crippen LogP) is 8.40. The van der Waals surface area contributed by atoms with Gasteiger partial charge in [0.2, 0.25) is 0 Å². The van der Waals surface area contributed by atoms with Crippen LogP contribution in [0.25, 0.3) is 32.4 Å². The monoisotopic (exact) mass is 525 g/mol. The van der Waals surface area contributed by atoms with Gasteiger partial charge in [-0.1, -0.05) is 78.9 Å². The lowest BCUT2D eigenvalue weighted by Crippen LogP contribution is -2.67. The second-order valence-corrected chi connectivity index (χ2v) is 11.8. The Labute approximate surface area is 237 Å². The number of nitrogens with zero attached hydrogens (tertiary/aromatic N) is 2. The van der Waals surface area contributed by atoms with Crippen molar-refractivity contribution in [2.45, 2.75) is 31.5 Å². The molecular formula is C37H37N2O+. The Morgan fingerprint density at radius 1 is 0.900 bits per heavy atom. The molecule has 5 atom stereocenters. The van der Waals surface area contributed by atoms with Gasteiger partial charge in [0, 0.05) is 35.9 Å². The third-order valence-corrected chi connectivity index (χ3v) is 9.76. The van der Waals surface area contributed by atoms with Gasteiger partial charge < -0.3 is 9.22 Å². The zero-order valence-corrected chi connectivity index (χ0v) is 23.1. The number of hydrogen-bond acceptors (Lipinski definition) is 2. The molecule has 1 aromatic heterocycles. The van der Waals surface area contributed by atoms with Gasteiger partial charge in [0.1, 0.15) is 18.7 Å². The van der Waals surface area contributed by atoms with Crippen LogP contribution in [0.2, 0.25) is 0 Å². The molecule has 0 radical (unpaired) electrons. The topological polar surface area (TPSA) is 22.1 Å². The minimum Gasteiger partial charge on any atom is -0.363 e. The van der Waals surface area contributed by atoms with Crippen molar-refractivity contribution >= 4 is 32.4 Å². The molecule has 0 N–H and O–H groups in total. The van der Waals surface area contributed by atoms with Crippen LogP contribution >= 0.6 is 0 Å². The van der Waals surface area contributed by atoms with E-state index in [1.807, 2.05) is 12.3 Å². The number of para-hydroxylation sites is 1. The van der Waals surface area contributed by atoms with Gasteiger partial charge in [-0.05, 0) is 51.2 Å². The van der Waals surface area contributed by atoms with Gasteiger partial charge in [-0.15, -0.1) is 13.2 Å². The summed E-state index contributed by atoms with van der Waals surface area (Å²) < 4.78 is 7.81. The Kier molecular flexibility index (Phi) is 6.50. The molecule has 2 bridgehead atoms. The first-order valence-corrected chi connectivity index (χ1v) is 14.6. The number of rotatable bonds is 8. The predicted molar refractivity (Wildman–Crippen MR) is 166 cm³/mol. The molecule has 3 aliphatic heterocycles. The summed E-state index contributed by atoms with van der Waals surface area (Å²) in [5.74, 6) is 1.18. The Bertz CT molecular complexity index is 1670. The highest BCUT2D eigenvalue weighted by Gasteiger charge is 2.54. The molecule has 8 rings (SSSR count). The maximum atomic E-state index is 6.80. The second-order valence-electron chi connectivity index (χ2n) is 11.8. The third-order valence-electron chi connectivity index (χ3n) is 9.76. The SMILES string of the molecule is C=CCO[C@H](c1ccnc2ccccc12)[C@@H]1CC2CC[N@@+]1(Cc1c3ccccc3cc3ccccc13)CC2C=C. The van der Waals surface area contributed by atoms with E-state index in [0.29, 0.717) is 24.5 Å². The quantitative estimate of drug-likeness (QED) is 0.115. The van der Waals surface area contributed by atoms with Crippen molar-refractivity contribution in [1.29, 1.82) is 0 Å². The summed E-state index contributed by atoms with van der Waals surface area (Å²) in [5.41, 5.74) is 3.74. The van der Waals surface area contributed by atoms with Crippen molar-refractivity contribution < 1.29 is 9.22 Å². The van der Waals surface area contributed by atoms with Crippen LogP contribution < -0.4 is 0 Å². The largest absolute Gasteiger partial charge is 0.363 e. The molecule has 4 heterocycles. The number of quaternary nitrogens is 1. The average Bonchev–Trinajstić information content (AvgIpc) is 3.01. The molecule has 3 fully saturated rings. The number of piperidine rings is 3. The Morgan fingerprint density at radius 3 is 2.33 bits per heavy atom. The van der Waals surface area contributed by atoms with Crippen LogP contribution in [-0.4, -0.2) is 35.2 Å². The number of hydrogen-bond donors (Lipinski definition) is 0. The van der Waals surface area contributed by atoms with Crippen LogP contribution in [0.4, 0.5) is 0 Å². The Hall–Kier alpha value is -3.79. The van der Waals surface area contributed by atoms with Crippen LogP contribution in [0, 0.1) is 11.8 Å². The summed E-state index contributed by atoms with van der Waals surface area (Å²) >= 11 is 0. The number of aromatic nitrogens is 1. The molecule has 3 nitrogen and oxygen atoms in total. The van der Waals surface area contributed by atoms with Crippen molar-refractivity contribution in [2.24, 2.45) is 11.8 Å². The molecule has 40 heavy (non-hydrogen) atoms. The number of ether oxygens (including phenoxy) is 1. The summed E-state index contributed by atoms with van der Waals surface area (Å²) in [6.07, 6.45) is 8.41. The number of pyridine rings is 1. The first kappa shape index (κ1) is 25.2. The van der Waals surface area contributed by atoms with Crippen molar-refractivity contribution in [3.05, 3.63) is 128 Å². The molecule has 3 saturated heterocycles. The molecular weight excluding hydrogens is 488 g/mol. The van der Waals surface area contributed by atoms with Crippen molar-refractivity contribution in [3.63, 3.8) is 0 Å². The molecule has 2 unspecified atom stereocenters. The van der Waals surface area contributed by atoms with Crippen LogP contribution in [0.1, 0.15) is 30.1 Å². The van der Waals surface area contributed by atoms with E-state index in [9.17, 15) is 0 Å². The van der Waals surface area contributed by atoms with E-state index >= 15 is 0 Å². The molecule has 0 aliphatic carbocycles. The van der Waals surface area contributed by atoms with Gasteiger partial charge in [0.25, 0.3) is 0 Å². The first-order chi connectivity index (χ1) is 19.7. The van der Waals surface area contributed by atoms with Gasteiger partial charge in [-0.3, -0.25) is 4.98 Å². The van der Waals surface area contributed by atoms with Gasteiger partial charge in [0.05, 0.1) is 25.2 Å². The number of fused-ring (bicyclic) bond motifs is 6. The van der Waals surface area contributed by atoms with Crippen molar-refractivity contribution in [1.82, 2.24) is 4.98 Å². The average molecular weight is 526 g/mol. The maximum Gasteiger partial charge on any atom is 0.135 e. The fourth-order valence-corrected chi connectivity index (χ4v) is 7.90. The highest BCUT2D eigenvalue weighted by molar-refractivity contribution is 6.02. The van der Waals surface area contributed by atoms with Gasteiger partial charge in [-0.2, -0.15) is 0 Å². The highest BCUT2D eigenvalue weighted by Crippen LogP contribution is 2.50. The minimum atomic E-state index is -0.0410. The third kappa shape index (κ3) is 4.16. The number of benzene rings is 4. The zero-order valence-electron chi connectivity index (χ0n) is 23.1. The first-order valence-electron chi connectivity index (χ1n) is 14.6. The standard InChI is InChI=1S/C37H37N2O/c1-3-21-40-37(33-17-19-38-35-16-10-9-15-32(33)35)36-23-27-18-20-39(36,24-26(27)4-2)25-34-30-13-7-5-11-28(30)22-29-12-6-8-14-31(29)34/h3-17,19,22,26-27,36-37H,1-2,18,20-21,23-25H2/q+1/t26?,27?,36-,37+,39-/m0/s1. The van der Waals surface area contributed by atoms with Crippen LogP contribution in [0.5, 0.6) is 0 Å². The zero-order chi connectivity index (χ0) is 27.1. The van der Waals surface area contributed by atoms with Gasteiger partial charge >= 0.3 is 0 Å². The van der Waals surface area contributed by atoms with E-state index in [0.717, 1.165) is 36.1 Å². The maximum absolute atomic E-state index is 6.80. The van der Waals surface area contributed by atoms with E-state index in [-0.39, 0.29) is 6.10 Å². The molecule has 3 heteroatoms. The Balaban J connectivity index is 1.41. The lowest BCUT2D eigenvalue weighted by molar-refractivity contribution is -0.984. The van der Waals surface area contributed by atoms with E-state index < -0.39 is 0 Å². The molecule has 4 aromatic carbocycles. The lowest BCUT2D eigenvalue weighted by Gasteiger charge is -2.58. The fourth-order valence-electron chi connectivity index (χ4n) is 7.90. The van der Waals surface area contributed by atoms with Gasteiger partial charge in [0.15, 0.2) is 0 Å². The summed E-state index contributed by atoms with van der Waals surface area (Å²) in [7, 11) is 0. The molecule has 5 aromatic rings. The highest BCUT2D eigenvalue weighted by atomic mass is 16.5. The van der Waals surface area contributed by atoms with E-state index in [1.165, 1.54) is 44.5 Å². The van der Waals surface area contributed by atoms with Crippen molar-refractivity contribution in [3.8, 4) is 0 Å². The van der Waals surface area contributed by atoms with Crippen LogP contribution in [0.15, 0.2) is 116 Å². The van der Waals surface area contributed by atoms with Gasteiger partial charge in [-0.25, -0.2) is 0 Å². The molecule has 0 saturated carbocycles. The molecule has 0 amide bonds.